The van der Waals surface area contributed by atoms with Crippen LogP contribution in [0.4, 0.5) is 0 Å². The van der Waals surface area contributed by atoms with Crippen LogP contribution in [-0.4, -0.2) is 142 Å². The lowest BCUT2D eigenvalue weighted by Gasteiger charge is -2.25. The second-order valence-corrected chi connectivity index (χ2v) is 11.3. The first kappa shape index (κ1) is 81.3. The standard InChI is InChI=1S/C28H53BrN8.8BrH.5H2O/c29-28-22-26(24-36-17-3-9-32-13-11-30-5-1-7-34-15-19-36)21-27(23-28)25-37-18-4-10-33-14-12-31-6-2-8-35-16-20-37;;;;;;;;;;;;;/h21-23,30-35H,1-20,24-25H2;8*1H;5*1H2. The number of nitrogens with zero attached hydrogens (tertiary/aromatic N) is 2. The molecule has 13 nitrogen and oxygen atoms in total. The van der Waals surface area contributed by atoms with E-state index < -0.39 is 0 Å². The highest BCUT2D eigenvalue weighted by Crippen LogP contribution is 2.19. The van der Waals surface area contributed by atoms with Crippen LogP contribution in [0.2, 0.25) is 0 Å². The third kappa shape index (κ3) is 42.2. The summed E-state index contributed by atoms with van der Waals surface area (Å²) in [6.07, 6.45) is 4.75. The zero-order valence-electron chi connectivity index (χ0n) is 28.8. The van der Waals surface area contributed by atoms with Gasteiger partial charge in [0, 0.05) is 69.9 Å². The van der Waals surface area contributed by atoms with E-state index in [2.05, 4.69) is 75.8 Å². The summed E-state index contributed by atoms with van der Waals surface area (Å²) < 4.78 is 1.20. The molecule has 16 N–H and O–H groups in total. The fourth-order valence-electron chi connectivity index (χ4n) is 5.07. The molecule has 0 aliphatic carbocycles. The third-order valence-electron chi connectivity index (χ3n) is 7.07. The van der Waals surface area contributed by atoms with Gasteiger partial charge in [-0.2, -0.15) is 0 Å². The van der Waals surface area contributed by atoms with E-state index in [1.807, 2.05) is 0 Å². The number of halogens is 9. The second kappa shape index (κ2) is 56.4. The van der Waals surface area contributed by atoms with Crippen LogP contribution in [-0.2, 0) is 13.1 Å². The van der Waals surface area contributed by atoms with E-state index in [9.17, 15) is 0 Å². The first-order valence-corrected chi connectivity index (χ1v) is 15.6. The van der Waals surface area contributed by atoms with Crippen LogP contribution in [0.25, 0.3) is 0 Å². The Kier molecular flexibility index (Phi) is 91.6. The summed E-state index contributed by atoms with van der Waals surface area (Å²) in [4.78, 5) is 5.24. The van der Waals surface area contributed by atoms with Crippen molar-refractivity contribution in [1.82, 2.24) is 41.7 Å². The minimum atomic E-state index is 0. The Labute approximate surface area is 394 Å². The van der Waals surface area contributed by atoms with Crippen molar-refractivity contribution in [2.24, 2.45) is 0 Å². The van der Waals surface area contributed by atoms with E-state index in [0.717, 1.165) is 118 Å². The van der Waals surface area contributed by atoms with Crippen molar-refractivity contribution in [2.75, 3.05) is 105 Å². The molecule has 2 aliphatic rings. The van der Waals surface area contributed by atoms with Crippen molar-refractivity contribution in [3.05, 3.63) is 33.8 Å². The molecule has 0 bridgehead atoms. The monoisotopic (exact) mass is 1310 g/mol. The van der Waals surface area contributed by atoms with Crippen molar-refractivity contribution in [3.8, 4) is 0 Å². The zero-order chi connectivity index (χ0) is 25.8. The van der Waals surface area contributed by atoms with Gasteiger partial charge >= 0.3 is 0 Å². The van der Waals surface area contributed by atoms with Gasteiger partial charge in [0.05, 0.1) is 0 Å². The lowest BCUT2D eigenvalue weighted by Crippen LogP contribution is -2.37. The Balaban J connectivity index is -0.000000130. The van der Waals surface area contributed by atoms with Crippen LogP contribution < -0.4 is 31.9 Å². The Morgan fingerprint density at radius 2 is 0.660 bits per heavy atom. The molecule has 316 valence electrons. The van der Waals surface area contributed by atoms with Gasteiger partial charge in [-0.15, -0.1) is 136 Å². The molecule has 0 atom stereocenters. The number of benzene rings is 1. The van der Waals surface area contributed by atoms with E-state index >= 15 is 0 Å². The van der Waals surface area contributed by atoms with Crippen molar-refractivity contribution < 1.29 is 27.4 Å². The molecule has 2 saturated heterocycles. The molecule has 1 aromatic rings. The molecule has 0 aromatic heterocycles. The average Bonchev–Trinajstić information content (AvgIpc) is 2.88. The quantitative estimate of drug-likeness (QED) is 0.259. The maximum Gasteiger partial charge on any atom is 0.0234 e. The predicted octanol–water partition coefficient (Wildman–Crippen LogP) is 1.68. The van der Waals surface area contributed by atoms with Gasteiger partial charge < -0.3 is 59.3 Å². The maximum atomic E-state index is 3.82. The Morgan fingerprint density at radius 3 is 0.980 bits per heavy atom. The van der Waals surface area contributed by atoms with Crippen molar-refractivity contribution in [1.29, 1.82) is 0 Å². The molecule has 22 heteroatoms. The van der Waals surface area contributed by atoms with Gasteiger partial charge in [-0.05, 0) is 101 Å². The van der Waals surface area contributed by atoms with Crippen LogP contribution in [0.15, 0.2) is 22.7 Å². The fraction of sp³-hybridized carbons (Fsp3) is 0.786. The molecule has 0 spiro atoms. The van der Waals surface area contributed by atoms with Crippen LogP contribution in [0.1, 0.15) is 36.8 Å². The summed E-state index contributed by atoms with van der Waals surface area (Å²) >= 11 is 3.82. The lowest BCUT2D eigenvalue weighted by atomic mass is 10.1. The highest BCUT2D eigenvalue weighted by atomic mass is 79.9. The minimum Gasteiger partial charge on any atom is -0.412 e. The molecular formula is C28H71Br9N8O5. The van der Waals surface area contributed by atoms with Crippen molar-refractivity contribution >= 4 is 152 Å². The summed E-state index contributed by atoms with van der Waals surface area (Å²) in [5.74, 6) is 0. The summed E-state index contributed by atoms with van der Waals surface area (Å²) in [7, 11) is 0. The van der Waals surface area contributed by atoms with E-state index in [1.54, 1.807) is 0 Å². The molecule has 1 aromatic carbocycles. The number of hydrogen-bond acceptors (Lipinski definition) is 8. The van der Waals surface area contributed by atoms with Gasteiger partial charge in [0.15, 0.2) is 0 Å². The van der Waals surface area contributed by atoms with Gasteiger partial charge in [-0.25, -0.2) is 0 Å². The SMILES string of the molecule is Br.Br.Br.Br.Br.Br.Br.Br.Brc1cc(CN2CCCNCCNCCCNCC2)cc(CN2CCCNCCNCCCNCC2)c1.O.O.O.O.O. The van der Waals surface area contributed by atoms with Gasteiger partial charge in [0.1, 0.15) is 0 Å². The van der Waals surface area contributed by atoms with Gasteiger partial charge in [0.2, 0.25) is 0 Å². The van der Waals surface area contributed by atoms with Gasteiger partial charge in [-0.3, -0.25) is 9.80 Å². The average molecular weight is 1320 g/mol. The van der Waals surface area contributed by atoms with E-state index in [-0.39, 0.29) is 163 Å². The first-order chi connectivity index (χ1) is 18.3. The van der Waals surface area contributed by atoms with Crippen LogP contribution in [0.5, 0.6) is 0 Å². The predicted molar refractivity (Wildman–Crippen MR) is 261 cm³/mol. The summed E-state index contributed by atoms with van der Waals surface area (Å²) in [6, 6.07) is 7.07. The van der Waals surface area contributed by atoms with E-state index in [4.69, 9.17) is 0 Å². The van der Waals surface area contributed by atoms with Crippen LogP contribution in [0, 0.1) is 0 Å². The molecule has 2 fully saturated rings. The molecule has 2 aliphatic heterocycles. The Bertz CT molecular complexity index is 674. The third-order valence-corrected chi connectivity index (χ3v) is 7.52. The van der Waals surface area contributed by atoms with Crippen LogP contribution in [0.3, 0.4) is 0 Å². The van der Waals surface area contributed by atoms with Crippen molar-refractivity contribution in [2.45, 2.75) is 38.8 Å². The fourth-order valence-corrected chi connectivity index (χ4v) is 5.65. The molecule has 0 amide bonds. The second-order valence-electron chi connectivity index (χ2n) is 10.4. The Morgan fingerprint density at radius 1 is 0.380 bits per heavy atom. The molecule has 2 heterocycles. The number of nitrogens with one attached hydrogen (secondary N) is 6. The van der Waals surface area contributed by atoms with Crippen molar-refractivity contribution in [3.63, 3.8) is 0 Å². The van der Waals surface area contributed by atoms with Gasteiger partial charge in [0.25, 0.3) is 0 Å². The highest BCUT2D eigenvalue weighted by Gasteiger charge is 2.11. The van der Waals surface area contributed by atoms with E-state index in [1.165, 1.54) is 41.3 Å². The molecule has 0 radical (unpaired) electrons. The smallest absolute Gasteiger partial charge is 0.0234 e. The first-order valence-electron chi connectivity index (χ1n) is 14.8. The molecule has 0 unspecified atom stereocenters. The normalized spacial score (nSPS) is 16.7. The molecular weight excluding hydrogens is 1250 g/mol. The molecule has 3 rings (SSSR count). The number of hydrogen-bond donors (Lipinski definition) is 6. The minimum absolute atomic E-state index is 0. The summed E-state index contributed by atoms with van der Waals surface area (Å²) in [6.45, 7) is 19.4. The number of rotatable bonds is 4. The summed E-state index contributed by atoms with van der Waals surface area (Å²) in [5, 5.41) is 21.5. The Hall–Kier alpha value is 3.02. The topological polar surface area (TPSA) is 236 Å². The molecule has 50 heavy (non-hydrogen) atoms. The lowest BCUT2D eigenvalue weighted by molar-refractivity contribution is 0.256. The van der Waals surface area contributed by atoms with Crippen LogP contribution >= 0.6 is 152 Å². The molecule has 0 saturated carbocycles. The van der Waals surface area contributed by atoms with Gasteiger partial charge in [-0.1, -0.05) is 22.0 Å². The van der Waals surface area contributed by atoms with E-state index in [0.29, 0.717) is 0 Å². The zero-order valence-corrected chi connectivity index (χ0v) is 44.1. The summed E-state index contributed by atoms with van der Waals surface area (Å²) in [5.41, 5.74) is 2.83. The largest absolute Gasteiger partial charge is 0.412 e. The maximum absolute atomic E-state index is 3.82. The highest BCUT2D eigenvalue weighted by molar-refractivity contribution is 9.10.